The molecule has 0 unspecified atom stereocenters. The van der Waals surface area contributed by atoms with Crippen molar-refractivity contribution in [2.45, 2.75) is 20.0 Å². The van der Waals surface area contributed by atoms with E-state index >= 15 is 0 Å². The molecule has 0 amide bonds. The lowest BCUT2D eigenvalue weighted by Crippen LogP contribution is -2.29. The van der Waals surface area contributed by atoms with Crippen LogP contribution >= 0.6 is 23.8 Å². The molecule has 0 bridgehead atoms. The van der Waals surface area contributed by atoms with Crippen LogP contribution in [0.15, 0.2) is 30.3 Å². The van der Waals surface area contributed by atoms with Crippen molar-refractivity contribution in [1.29, 1.82) is 0 Å². The van der Waals surface area contributed by atoms with Gasteiger partial charge in [0.05, 0.1) is 0 Å². The second-order valence-corrected chi connectivity index (χ2v) is 5.78. The van der Waals surface area contributed by atoms with Gasteiger partial charge < -0.3 is 15.5 Å². The number of hydrogen-bond acceptors (Lipinski definition) is 4. The average Bonchev–Trinajstić information content (AvgIpc) is 2.90. The van der Waals surface area contributed by atoms with Gasteiger partial charge in [-0.1, -0.05) is 35.9 Å². The molecular formula is C15H16ClN5S. The van der Waals surface area contributed by atoms with Gasteiger partial charge in [0.25, 0.3) is 0 Å². The molecule has 1 aromatic heterocycles. The molecule has 0 aliphatic carbocycles. The van der Waals surface area contributed by atoms with Crippen molar-refractivity contribution in [3.63, 3.8) is 0 Å². The second kappa shape index (κ2) is 6.46. The van der Waals surface area contributed by atoms with Crippen molar-refractivity contribution in [2.75, 3.05) is 16.8 Å². The molecule has 3 rings (SSSR count). The standard InChI is InChI=1S/C15H16ClN5S/c1-2-17-15(22)20-14-18-12(16)7-13(19-14)21-8-10-5-3-4-6-11(10)9-21/h3-7H,2,8-9H2,1H3,(H2,17,18,19,20,22). The zero-order valence-electron chi connectivity index (χ0n) is 12.1. The Morgan fingerprint density at radius 2 is 1.95 bits per heavy atom. The van der Waals surface area contributed by atoms with E-state index in [0.29, 0.717) is 16.2 Å². The van der Waals surface area contributed by atoms with E-state index in [4.69, 9.17) is 23.8 Å². The highest BCUT2D eigenvalue weighted by atomic mass is 35.5. The average molecular weight is 334 g/mol. The van der Waals surface area contributed by atoms with Gasteiger partial charge in [-0.3, -0.25) is 0 Å². The lowest BCUT2D eigenvalue weighted by atomic mass is 10.1. The highest BCUT2D eigenvalue weighted by Crippen LogP contribution is 2.28. The maximum absolute atomic E-state index is 6.12. The number of benzene rings is 1. The summed E-state index contributed by atoms with van der Waals surface area (Å²) >= 11 is 11.3. The minimum atomic E-state index is 0.391. The molecule has 0 saturated heterocycles. The number of fused-ring (bicyclic) bond motifs is 1. The van der Waals surface area contributed by atoms with Crippen molar-refractivity contribution in [1.82, 2.24) is 15.3 Å². The summed E-state index contributed by atoms with van der Waals surface area (Å²) in [5.74, 6) is 1.20. The summed E-state index contributed by atoms with van der Waals surface area (Å²) in [6.45, 7) is 4.35. The van der Waals surface area contributed by atoms with Gasteiger partial charge in [0.15, 0.2) is 5.11 Å². The third kappa shape index (κ3) is 3.28. The zero-order chi connectivity index (χ0) is 15.5. The summed E-state index contributed by atoms with van der Waals surface area (Å²) < 4.78 is 0. The van der Waals surface area contributed by atoms with E-state index in [1.807, 2.05) is 6.92 Å². The van der Waals surface area contributed by atoms with Crippen molar-refractivity contribution in [2.24, 2.45) is 0 Å². The maximum atomic E-state index is 6.12. The fourth-order valence-electron chi connectivity index (χ4n) is 2.43. The van der Waals surface area contributed by atoms with Crippen LogP contribution in [0, 0.1) is 0 Å². The molecule has 114 valence electrons. The van der Waals surface area contributed by atoms with Crippen LogP contribution in [0.5, 0.6) is 0 Å². The molecule has 1 aromatic carbocycles. The first-order valence-corrected chi connectivity index (χ1v) is 7.85. The van der Waals surface area contributed by atoms with Gasteiger partial charge >= 0.3 is 0 Å². The van der Waals surface area contributed by atoms with Crippen molar-refractivity contribution in [3.8, 4) is 0 Å². The first-order chi connectivity index (χ1) is 10.7. The molecule has 2 N–H and O–H groups in total. The summed E-state index contributed by atoms with van der Waals surface area (Å²) in [4.78, 5) is 10.8. The monoisotopic (exact) mass is 333 g/mol. The zero-order valence-corrected chi connectivity index (χ0v) is 13.7. The molecule has 7 heteroatoms. The van der Waals surface area contributed by atoms with Crippen LogP contribution in [0.2, 0.25) is 5.15 Å². The Labute approximate surface area is 139 Å². The molecule has 0 fully saturated rings. The quantitative estimate of drug-likeness (QED) is 0.665. The van der Waals surface area contributed by atoms with Gasteiger partial charge in [-0.05, 0) is 30.3 Å². The molecule has 0 spiro atoms. The van der Waals surface area contributed by atoms with E-state index in [-0.39, 0.29) is 0 Å². The van der Waals surface area contributed by atoms with Gasteiger partial charge in [0.2, 0.25) is 5.95 Å². The number of hydrogen-bond donors (Lipinski definition) is 2. The Kier molecular flexibility index (Phi) is 4.40. The van der Waals surface area contributed by atoms with Gasteiger partial charge in [-0.25, -0.2) is 4.98 Å². The fourth-order valence-corrected chi connectivity index (χ4v) is 2.84. The molecule has 1 aliphatic heterocycles. The summed E-state index contributed by atoms with van der Waals surface area (Å²) in [7, 11) is 0. The van der Waals surface area contributed by atoms with Crippen LogP contribution in [-0.4, -0.2) is 21.6 Å². The SMILES string of the molecule is CCNC(=S)Nc1nc(Cl)cc(N2Cc3ccccc3C2)n1. The van der Waals surface area contributed by atoms with E-state index in [9.17, 15) is 0 Å². The third-order valence-electron chi connectivity index (χ3n) is 3.41. The molecule has 1 aliphatic rings. The number of nitrogens with one attached hydrogen (secondary N) is 2. The Hall–Kier alpha value is -1.92. The van der Waals surface area contributed by atoms with Crippen LogP contribution in [0.1, 0.15) is 18.1 Å². The second-order valence-electron chi connectivity index (χ2n) is 4.98. The number of thiocarbonyl (C=S) groups is 1. The highest BCUT2D eigenvalue weighted by Gasteiger charge is 2.20. The predicted octanol–water partition coefficient (Wildman–Crippen LogP) is 2.96. The number of halogens is 1. The Balaban J connectivity index is 1.80. The number of nitrogens with zero attached hydrogens (tertiary/aromatic N) is 3. The van der Waals surface area contributed by atoms with Crippen molar-refractivity contribution < 1.29 is 0 Å². The summed E-state index contributed by atoms with van der Waals surface area (Å²) in [5, 5.41) is 6.83. The van der Waals surface area contributed by atoms with Crippen LogP contribution < -0.4 is 15.5 Å². The van der Waals surface area contributed by atoms with Crippen molar-refractivity contribution in [3.05, 3.63) is 46.6 Å². The normalized spacial score (nSPS) is 12.9. The largest absolute Gasteiger partial charge is 0.363 e. The number of anilines is 2. The summed E-state index contributed by atoms with van der Waals surface area (Å²) in [5.41, 5.74) is 2.63. The smallest absolute Gasteiger partial charge is 0.232 e. The Morgan fingerprint density at radius 3 is 2.59 bits per heavy atom. The highest BCUT2D eigenvalue weighted by molar-refractivity contribution is 7.80. The molecule has 0 saturated carbocycles. The summed E-state index contributed by atoms with van der Waals surface area (Å²) in [6, 6.07) is 10.2. The Morgan fingerprint density at radius 1 is 1.27 bits per heavy atom. The van der Waals surface area contributed by atoms with Gasteiger partial charge in [-0.2, -0.15) is 4.98 Å². The minimum absolute atomic E-state index is 0.391. The fraction of sp³-hybridized carbons (Fsp3) is 0.267. The summed E-state index contributed by atoms with van der Waals surface area (Å²) in [6.07, 6.45) is 0. The maximum Gasteiger partial charge on any atom is 0.232 e. The van der Waals surface area contributed by atoms with Gasteiger partial charge in [-0.15, -0.1) is 0 Å². The van der Waals surface area contributed by atoms with Crippen LogP contribution in [-0.2, 0) is 13.1 Å². The molecule has 2 heterocycles. The van der Waals surface area contributed by atoms with E-state index in [1.54, 1.807) is 6.07 Å². The van der Waals surface area contributed by atoms with Crippen molar-refractivity contribution >= 4 is 40.7 Å². The number of rotatable bonds is 3. The van der Waals surface area contributed by atoms with Crippen LogP contribution in [0.4, 0.5) is 11.8 Å². The molecule has 5 nitrogen and oxygen atoms in total. The van der Waals surface area contributed by atoms with E-state index in [0.717, 1.165) is 25.5 Å². The van der Waals surface area contributed by atoms with E-state index < -0.39 is 0 Å². The topological polar surface area (TPSA) is 53.1 Å². The molecule has 0 atom stereocenters. The Bertz CT molecular complexity index is 681. The lowest BCUT2D eigenvalue weighted by molar-refractivity contribution is 0.853. The lowest BCUT2D eigenvalue weighted by Gasteiger charge is -2.17. The first kappa shape index (κ1) is 15.0. The molecule has 0 radical (unpaired) electrons. The predicted molar refractivity (Wildman–Crippen MR) is 93.3 cm³/mol. The third-order valence-corrected chi connectivity index (χ3v) is 3.85. The molecule has 22 heavy (non-hydrogen) atoms. The number of aromatic nitrogens is 2. The van der Waals surface area contributed by atoms with Crippen LogP contribution in [0.3, 0.4) is 0 Å². The molecular weight excluding hydrogens is 318 g/mol. The minimum Gasteiger partial charge on any atom is -0.363 e. The van der Waals surface area contributed by atoms with E-state index in [2.05, 4.69) is 49.8 Å². The first-order valence-electron chi connectivity index (χ1n) is 7.07. The van der Waals surface area contributed by atoms with E-state index in [1.165, 1.54) is 11.1 Å². The van der Waals surface area contributed by atoms with Gasteiger partial charge in [0, 0.05) is 25.7 Å². The van der Waals surface area contributed by atoms with Crippen LogP contribution in [0.25, 0.3) is 0 Å². The van der Waals surface area contributed by atoms with Gasteiger partial charge in [0.1, 0.15) is 11.0 Å². The molecule has 2 aromatic rings.